The summed E-state index contributed by atoms with van der Waals surface area (Å²) < 4.78 is 33.8. The Hall–Kier alpha value is 0.716. The first-order valence-corrected chi connectivity index (χ1v) is 13.7. The van der Waals surface area contributed by atoms with Crippen LogP contribution in [-0.4, -0.2) is 35.1 Å². The van der Waals surface area contributed by atoms with Crippen molar-refractivity contribution in [3.63, 3.8) is 0 Å². The van der Waals surface area contributed by atoms with Crippen LogP contribution in [0.4, 0.5) is 3.50 Å². The van der Waals surface area contributed by atoms with Crippen LogP contribution in [0.15, 0.2) is 19.8 Å². The van der Waals surface area contributed by atoms with Gasteiger partial charge in [0.15, 0.2) is 0 Å². The zero-order valence-corrected chi connectivity index (χ0v) is 20.3. The van der Waals surface area contributed by atoms with Gasteiger partial charge in [0.2, 0.25) is 0 Å². The van der Waals surface area contributed by atoms with Crippen LogP contribution in [-0.2, 0) is 36.0 Å². The number of unbranched alkanes of at least 4 members (excludes halogenated alkanes) is 2. The van der Waals surface area contributed by atoms with Crippen molar-refractivity contribution in [1.29, 1.82) is 0 Å². The third-order valence-corrected chi connectivity index (χ3v) is 10.4. The monoisotopic (exact) mass is 466 g/mol. The maximum absolute atomic E-state index is 13.2. The fourth-order valence-corrected chi connectivity index (χ4v) is 7.44. The summed E-state index contributed by atoms with van der Waals surface area (Å²) in [4.78, 5) is 0. The zero-order valence-electron chi connectivity index (χ0n) is 14.8. The van der Waals surface area contributed by atoms with Crippen molar-refractivity contribution in [2.45, 2.75) is 71.7 Å². The second kappa shape index (κ2) is 13.0. The van der Waals surface area contributed by atoms with Crippen LogP contribution in [0.25, 0.3) is 0 Å². The molecule has 0 radical (unpaired) electrons. The Bertz CT molecular complexity index is 378. The van der Waals surface area contributed by atoms with Crippen molar-refractivity contribution in [1.82, 2.24) is 0 Å². The standard InChI is InChI=1S/C12H25O3.C5H6FGe.Zr/c1-4-7-10-14-12(13,9-6-3)15-11-8-5-2;6-7-5-3-1-2-4-5;/h4-11H2,1-3H3;1,3H,2,7H2;/q-1;;+1. The summed E-state index contributed by atoms with van der Waals surface area (Å²) >= 11 is -3.32. The SMILES string of the molecule is CCCCOC(CCC)(OCCCC)[O][Zr][C]1=[C]([GeH2][F])C=CC1. The van der Waals surface area contributed by atoms with Gasteiger partial charge in [0.1, 0.15) is 0 Å². The molecule has 0 unspecified atom stereocenters. The van der Waals surface area contributed by atoms with E-state index < -0.39 is 45.5 Å². The van der Waals surface area contributed by atoms with E-state index in [1.54, 1.807) is 0 Å². The van der Waals surface area contributed by atoms with E-state index in [1.165, 1.54) is 3.28 Å². The molecule has 132 valence electrons. The molecule has 0 saturated carbocycles. The molecular formula is C17H31FGeO3Zr. The van der Waals surface area contributed by atoms with Crippen molar-refractivity contribution >= 4 is 15.9 Å². The maximum atomic E-state index is 13.2. The van der Waals surface area contributed by atoms with Crippen molar-refractivity contribution < 1.29 is 39.5 Å². The van der Waals surface area contributed by atoms with E-state index in [9.17, 15) is 3.50 Å². The molecule has 0 bridgehead atoms. The summed E-state index contributed by atoms with van der Waals surface area (Å²) in [5.41, 5.74) is 0. The predicted octanol–water partition coefficient (Wildman–Crippen LogP) is 4.31. The van der Waals surface area contributed by atoms with Crippen LogP contribution in [0.1, 0.15) is 65.7 Å². The van der Waals surface area contributed by atoms with E-state index in [-0.39, 0.29) is 0 Å². The third-order valence-electron chi connectivity index (χ3n) is 3.70. The van der Waals surface area contributed by atoms with Gasteiger partial charge in [0, 0.05) is 0 Å². The van der Waals surface area contributed by atoms with Gasteiger partial charge in [-0.3, -0.25) is 0 Å². The summed E-state index contributed by atoms with van der Waals surface area (Å²) in [5.74, 6) is -0.894. The topological polar surface area (TPSA) is 27.7 Å². The normalized spacial score (nSPS) is 15.3. The molecule has 0 spiro atoms. The summed E-state index contributed by atoms with van der Waals surface area (Å²) in [6.45, 7) is 7.73. The molecule has 1 aliphatic rings. The van der Waals surface area contributed by atoms with Crippen molar-refractivity contribution in [3.05, 3.63) is 19.8 Å². The molecule has 0 aromatic rings. The molecule has 0 aliphatic heterocycles. The number of ether oxygens (including phenoxy) is 2. The molecule has 0 atom stereocenters. The number of hydrogen-bond donors (Lipinski definition) is 0. The molecular weight excluding hydrogens is 435 g/mol. The Morgan fingerprint density at radius 3 is 2.30 bits per heavy atom. The van der Waals surface area contributed by atoms with Crippen LogP contribution in [0.5, 0.6) is 0 Å². The second-order valence-corrected chi connectivity index (χ2v) is 10.4. The predicted molar refractivity (Wildman–Crippen MR) is 90.9 cm³/mol. The van der Waals surface area contributed by atoms with Crippen LogP contribution >= 0.6 is 0 Å². The molecule has 1 aliphatic carbocycles. The van der Waals surface area contributed by atoms with Crippen molar-refractivity contribution in [2.24, 2.45) is 0 Å². The molecule has 0 amide bonds. The fourth-order valence-electron chi connectivity index (χ4n) is 2.27. The van der Waals surface area contributed by atoms with Gasteiger partial charge in [-0.2, -0.15) is 0 Å². The number of rotatable bonds is 14. The van der Waals surface area contributed by atoms with E-state index in [1.807, 2.05) is 6.08 Å². The number of allylic oxidation sites excluding steroid dienone is 4. The van der Waals surface area contributed by atoms with E-state index in [0.29, 0.717) is 13.2 Å². The molecule has 6 heteroatoms. The quantitative estimate of drug-likeness (QED) is 0.217. The molecule has 0 fully saturated rings. The first-order chi connectivity index (χ1) is 11.2. The van der Waals surface area contributed by atoms with Gasteiger partial charge >= 0.3 is 160 Å². The Morgan fingerprint density at radius 1 is 1.13 bits per heavy atom. The number of halogens is 1. The summed E-state index contributed by atoms with van der Waals surface area (Å²) in [6, 6.07) is 0. The molecule has 0 heterocycles. The van der Waals surface area contributed by atoms with Crippen LogP contribution in [0.2, 0.25) is 0 Å². The minimum absolute atomic E-state index is 0.660. The third kappa shape index (κ3) is 8.09. The summed E-state index contributed by atoms with van der Waals surface area (Å²) in [5, 5.41) is 0. The van der Waals surface area contributed by atoms with Crippen molar-refractivity contribution in [2.75, 3.05) is 13.2 Å². The Labute approximate surface area is 159 Å². The van der Waals surface area contributed by atoms with Gasteiger partial charge < -0.3 is 0 Å². The minimum atomic E-state index is -2.02. The van der Waals surface area contributed by atoms with Gasteiger partial charge in [-0.15, -0.1) is 0 Å². The summed E-state index contributed by atoms with van der Waals surface area (Å²) in [6.07, 6.45) is 10.8. The van der Waals surface area contributed by atoms with Gasteiger partial charge in [0.05, 0.1) is 0 Å². The van der Waals surface area contributed by atoms with Crippen LogP contribution < -0.4 is 0 Å². The molecule has 1 rings (SSSR count). The van der Waals surface area contributed by atoms with Gasteiger partial charge in [0.25, 0.3) is 0 Å². The average Bonchev–Trinajstić information content (AvgIpc) is 3.01. The van der Waals surface area contributed by atoms with Crippen molar-refractivity contribution in [3.8, 4) is 0 Å². The van der Waals surface area contributed by atoms with Gasteiger partial charge in [-0.05, 0) is 0 Å². The molecule has 3 nitrogen and oxygen atoms in total. The average molecular weight is 466 g/mol. The van der Waals surface area contributed by atoms with Gasteiger partial charge in [-0.1, -0.05) is 0 Å². The molecule has 0 N–H and O–H groups in total. The second-order valence-electron chi connectivity index (χ2n) is 5.79. The van der Waals surface area contributed by atoms with E-state index in [2.05, 4.69) is 26.8 Å². The molecule has 0 aromatic carbocycles. The van der Waals surface area contributed by atoms with E-state index in [4.69, 9.17) is 12.3 Å². The van der Waals surface area contributed by atoms with E-state index >= 15 is 0 Å². The molecule has 0 saturated heterocycles. The summed E-state index contributed by atoms with van der Waals surface area (Å²) in [7, 11) is 0. The zero-order chi connectivity index (χ0) is 17.0. The van der Waals surface area contributed by atoms with E-state index in [0.717, 1.165) is 49.4 Å². The first-order valence-electron chi connectivity index (χ1n) is 8.87. The Balaban J connectivity index is 2.69. The molecule has 0 aromatic heterocycles. The first kappa shape index (κ1) is 21.8. The fraction of sp³-hybridized carbons (Fsp3) is 0.765. The van der Waals surface area contributed by atoms with Crippen LogP contribution in [0.3, 0.4) is 0 Å². The van der Waals surface area contributed by atoms with Gasteiger partial charge in [-0.25, -0.2) is 0 Å². The molecule has 23 heavy (non-hydrogen) atoms. The Morgan fingerprint density at radius 2 is 1.78 bits per heavy atom. The Kier molecular flexibility index (Phi) is 12.3. The van der Waals surface area contributed by atoms with Crippen LogP contribution in [0, 0.1) is 0 Å². The number of hydrogen-bond acceptors (Lipinski definition) is 3.